The Morgan fingerprint density at radius 1 is 1.50 bits per heavy atom. The van der Waals surface area contributed by atoms with Crippen LogP contribution in [0.25, 0.3) is 0 Å². The second-order valence-electron chi connectivity index (χ2n) is 2.80. The Bertz CT molecular complexity index is 339. The van der Waals surface area contributed by atoms with Gasteiger partial charge in [-0.1, -0.05) is 6.07 Å². The van der Waals surface area contributed by atoms with E-state index in [9.17, 15) is 4.79 Å². The standard InChI is InChI=1S/C9H13N3O2/c1-6-3-4-8(14-2)7(5-6)11-9(13)12-10/h3-5H,10H2,1-2H3,(H2,11,12,13). The molecule has 0 saturated heterocycles. The van der Waals surface area contributed by atoms with Gasteiger partial charge >= 0.3 is 6.03 Å². The molecular formula is C9H13N3O2. The molecule has 0 aliphatic carbocycles. The van der Waals surface area contributed by atoms with E-state index in [0.717, 1.165) is 5.56 Å². The smallest absolute Gasteiger partial charge is 0.333 e. The number of rotatable bonds is 2. The second kappa shape index (κ2) is 4.48. The highest BCUT2D eigenvalue weighted by Gasteiger charge is 2.05. The summed E-state index contributed by atoms with van der Waals surface area (Å²) in [6, 6.07) is 4.99. The molecule has 1 aromatic rings. The molecule has 0 atom stereocenters. The van der Waals surface area contributed by atoms with E-state index in [4.69, 9.17) is 10.6 Å². The van der Waals surface area contributed by atoms with E-state index in [1.807, 2.05) is 18.4 Å². The lowest BCUT2D eigenvalue weighted by atomic mass is 10.2. The first-order chi connectivity index (χ1) is 6.67. The fourth-order valence-corrected chi connectivity index (χ4v) is 1.08. The Kier molecular flexibility index (Phi) is 3.30. The molecule has 76 valence electrons. The molecular weight excluding hydrogens is 182 g/mol. The highest BCUT2D eigenvalue weighted by Crippen LogP contribution is 2.24. The SMILES string of the molecule is COc1ccc(C)cc1NC(=O)NN. The molecule has 1 rings (SSSR count). The third kappa shape index (κ3) is 2.37. The number of hydrogen-bond donors (Lipinski definition) is 3. The zero-order valence-electron chi connectivity index (χ0n) is 8.13. The van der Waals surface area contributed by atoms with E-state index in [-0.39, 0.29) is 0 Å². The largest absolute Gasteiger partial charge is 0.495 e. The van der Waals surface area contributed by atoms with Crippen molar-refractivity contribution in [3.63, 3.8) is 0 Å². The Balaban J connectivity index is 2.93. The van der Waals surface area contributed by atoms with Crippen LogP contribution in [0.5, 0.6) is 5.75 Å². The average Bonchev–Trinajstić information content (AvgIpc) is 2.18. The molecule has 2 amide bonds. The van der Waals surface area contributed by atoms with Gasteiger partial charge in [-0.3, -0.25) is 5.43 Å². The molecule has 0 aliphatic heterocycles. The summed E-state index contributed by atoms with van der Waals surface area (Å²) in [5, 5.41) is 2.55. The molecule has 14 heavy (non-hydrogen) atoms. The zero-order chi connectivity index (χ0) is 10.6. The second-order valence-corrected chi connectivity index (χ2v) is 2.80. The highest BCUT2D eigenvalue weighted by atomic mass is 16.5. The number of hydrogen-bond acceptors (Lipinski definition) is 3. The molecule has 0 heterocycles. The van der Waals surface area contributed by atoms with Crippen LogP contribution in [0.3, 0.4) is 0 Å². The van der Waals surface area contributed by atoms with Crippen LogP contribution in [0, 0.1) is 6.92 Å². The normalized spacial score (nSPS) is 9.36. The first-order valence-electron chi connectivity index (χ1n) is 4.09. The van der Waals surface area contributed by atoms with E-state index in [2.05, 4.69) is 5.32 Å². The van der Waals surface area contributed by atoms with Gasteiger partial charge in [-0.15, -0.1) is 0 Å². The van der Waals surface area contributed by atoms with Crippen molar-refractivity contribution in [2.45, 2.75) is 6.92 Å². The molecule has 0 bridgehead atoms. The number of carbonyl (C=O) groups is 1. The van der Waals surface area contributed by atoms with Gasteiger partial charge < -0.3 is 10.1 Å². The molecule has 0 saturated carbocycles. The Labute approximate surface area is 82.2 Å². The number of amides is 2. The Hall–Kier alpha value is -1.75. The van der Waals surface area contributed by atoms with E-state index in [1.165, 1.54) is 7.11 Å². The van der Waals surface area contributed by atoms with E-state index < -0.39 is 6.03 Å². The van der Waals surface area contributed by atoms with Crippen LogP contribution >= 0.6 is 0 Å². The number of urea groups is 1. The van der Waals surface area contributed by atoms with Crippen molar-refractivity contribution in [1.29, 1.82) is 0 Å². The fraction of sp³-hybridized carbons (Fsp3) is 0.222. The molecule has 5 nitrogen and oxygen atoms in total. The number of hydrazine groups is 1. The maximum Gasteiger partial charge on any atom is 0.333 e. The lowest BCUT2D eigenvalue weighted by molar-refractivity contribution is 0.252. The third-order valence-electron chi connectivity index (χ3n) is 1.73. The van der Waals surface area contributed by atoms with Crippen molar-refractivity contribution in [3.05, 3.63) is 23.8 Å². The van der Waals surface area contributed by atoms with Crippen LogP contribution in [0.15, 0.2) is 18.2 Å². The predicted molar refractivity (Wildman–Crippen MR) is 54.1 cm³/mol. The molecule has 0 aliphatic rings. The van der Waals surface area contributed by atoms with Gasteiger partial charge in [0.1, 0.15) is 5.75 Å². The first kappa shape index (κ1) is 10.3. The maximum absolute atomic E-state index is 11.0. The highest BCUT2D eigenvalue weighted by molar-refractivity contribution is 5.90. The summed E-state index contributed by atoms with van der Waals surface area (Å²) in [4.78, 5) is 11.0. The average molecular weight is 195 g/mol. The van der Waals surface area contributed by atoms with Gasteiger partial charge in [0.15, 0.2) is 0 Å². The lowest BCUT2D eigenvalue weighted by Gasteiger charge is -2.10. The van der Waals surface area contributed by atoms with Crippen molar-refractivity contribution in [2.75, 3.05) is 12.4 Å². The van der Waals surface area contributed by atoms with Crippen molar-refractivity contribution < 1.29 is 9.53 Å². The van der Waals surface area contributed by atoms with Crippen LogP contribution in [0.1, 0.15) is 5.56 Å². The summed E-state index contributed by atoms with van der Waals surface area (Å²) in [7, 11) is 1.54. The maximum atomic E-state index is 11.0. The summed E-state index contributed by atoms with van der Waals surface area (Å²) >= 11 is 0. The molecule has 0 spiro atoms. The summed E-state index contributed by atoms with van der Waals surface area (Å²) in [5.41, 5.74) is 3.60. The monoisotopic (exact) mass is 195 g/mol. The summed E-state index contributed by atoms with van der Waals surface area (Å²) in [6.45, 7) is 1.92. The van der Waals surface area contributed by atoms with Gasteiger partial charge in [-0.05, 0) is 24.6 Å². The fourth-order valence-electron chi connectivity index (χ4n) is 1.08. The van der Waals surface area contributed by atoms with Crippen LogP contribution in [0.2, 0.25) is 0 Å². The van der Waals surface area contributed by atoms with Crippen molar-refractivity contribution in [2.24, 2.45) is 5.84 Å². The third-order valence-corrected chi connectivity index (χ3v) is 1.73. The minimum absolute atomic E-state index is 0.478. The van der Waals surface area contributed by atoms with Crippen molar-refractivity contribution >= 4 is 11.7 Å². The molecule has 0 radical (unpaired) electrons. The van der Waals surface area contributed by atoms with Crippen molar-refractivity contribution in [3.8, 4) is 5.75 Å². The van der Waals surface area contributed by atoms with Gasteiger partial charge in [0, 0.05) is 0 Å². The van der Waals surface area contributed by atoms with E-state index >= 15 is 0 Å². The minimum Gasteiger partial charge on any atom is -0.495 e. The minimum atomic E-state index is -0.478. The van der Waals surface area contributed by atoms with E-state index in [1.54, 1.807) is 12.1 Å². The van der Waals surface area contributed by atoms with Gasteiger partial charge in [-0.25, -0.2) is 10.6 Å². The first-order valence-corrected chi connectivity index (χ1v) is 4.09. The zero-order valence-corrected chi connectivity index (χ0v) is 8.13. The van der Waals surface area contributed by atoms with E-state index in [0.29, 0.717) is 11.4 Å². The molecule has 4 N–H and O–H groups in total. The van der Waals surface area contributed by atoms with Crippen LogP contribution in [-0.4, -0.2) is 13.1 Å². The number of aryl methyl sites for hydroxylation is 1. The molecule has 0 unspecified atom stereocenters. The number of benzene rings is 1. The van der Waals surface area contributed by atoms with Gasteiger partial charge in [0.2, 0.25) is 0 Å². The number of methoxy groups -OCH3 is 1. The van der Waals surface area contributed by atoms with Gasteiger partial charge in [-0.2, -0.15) is 0 Å². The number of nitrogens with two attached hydrogens (primary N) is 1. The molecule has 0 fully saturated rings. The van der Waals surface area contributed by atoms with Crippen LogP contribution in [0.4, 0.5) is 10.5 Å². The Morgan fingerprint density at radius 2 is 2.21 bits per heavy atom. The number of carbonyl (C=O) groups excluding carboxylic acids is 1. The van der Waals surface area contributed by atoms with Gasteiger partial charge in [0.25, 0.3) is 0 Å². The quantitative estimate of drug-likeness (QED) is 0.374. The van der Waals surface area contributed by atoms with Crippen LogP contribution in [-0.2, 0) is 0 Å². The summed E-state index contributed by atoms with van der Waals surface area (Å²) in [5.74, 6) is 5.54. The predicted octanol–water partition coefficient (Wildman–Crippen LogP) is 0.999. The number of anilines is 1. The number of nitrogens with one attached hydrogen (secondary N) is 2. The number of ether oxygens (including phenoxy) is 1. The van der Waals surface area contributed by atoms with Gasteiger partial charge in [0.05, 0.1) is 12.8 Å². The molecule has 0 aromatic heterocycles. The lowest BCUT2D eigenvalue weighted by Crippen LogP contribution is -2.34. The summed E-state index contributed by atoms with van der Waals surface area (Å²) in [6.07, 6.45) is 0. The van der Waals surface area contributed by atoms with Crippen LogP contribution < -0.4 is 21.3 Å². The van der Waals surface area contributed by atoms with Crippen molar-refractivity contribution in [1.82, 2.24) is 5.43 Å². The Morgan fingerprint density at radius 3 is 2.79 bits per heavy atom. The summed E-state index contributed by atoms with van der Waals surface area (Å²) < 4.78 is 5.06. The molecule has 5 heteroatoms. The molecule has 1 aromatic carbocycles. The topological polar surface area (TPSA) is 76.4 Å².